The van der Waals surface area contributed by atoms with Crippen molar-refractivity contribution in [2.24, 2.45) is 0 Å². The van der Waals surface area contributed by atoms with Gasteiger partial charge in [0.2, 0.25) is 0 Å². The first kappa shape index (κ1) is 17.7. The maximum absolute atomic E-state index is 6.52. The van der Waals surface area contributed by atoms with E-state index in [9.17, 15) is 0 Å². The van der Waals surface area contributed by atoms with Crippen LogP contribution in [0.25, 0.3) is 0 Å². The number of rotatable bonds is 5. The van der Waals surface area contributed by atoms with Gasteiger partial charge >= 0.3 is 0 Å². The van der Waals surface area contributed by atoms with Crippen molar-refractivity contribution in [1.82, 2.24) is 5.32 Å². The minimum Gasteiger partial charge on any atom is -0.486 e. The van der Waals surface area contributed by atoms with Crippen molar-refractivity contribution in [2.75, 3.05) is 33.0 Å². The molecule has 0 radical (unpaired) electrons. The fourth-order valence-corrected chi connectivity index (χ4v) is 4.17. The summed E-state index contributed by atoms with van der Waals surface area (Å²) >= 11 is 6.52. The van der Waals surface area contributed by atoms with Crippen molar-refractivity contribution in [1.29, 1.82) is 0 Å². The van der Waals surface area contributed by atoms with Gasteiger partial charge in [0.15, 0.2) is 11.5 Å². The highest BCUT2D eigenvalue weighted by Crippen LogP contribution is 2.38. The maximum Gasteiger partial charge on any atom is 0.161 e. The van der Waals surface area contributed by atoms with Crippen molar-refractivity contribution in [3.63, 3.8) is 0 Å². The van der Waals surface area contributed by atoms with Crippen LogP contribution in [0.5, 0.6) is 11.5 Å². The van der Waals surface area contributed by atoms with Crippen molar-refractivity contribution < 1.29 is 14.2 Å². The van der Waals surface area contributed by atoms with Gasteiger partial charge in [-0.3, -0.25) is 0 Å². The van der Waals surface area contributed by atoms with Crippen LogP contribution in [0.3, 0.4) is 0 Å². The summed E-state index contributed by atoms with van der Waals surface area (Å²) in [7, 11) is 0. The number of hydrogen-bond acceptors (Lipinski definition) is 4. The molecule has 0 amide bonds. The standard InChI is InChI=1S/C21H24ClNO3/c22-18-4-2-1-3-17(18)21(7-9-24-10-8-21)15-23-14-16-5-6-19-20(13-16)26-12-11-25-19/h1-6,13,23H,7-12,14-15H2. The van der Waals surface area contributed by atoms with E-state index in [4.69, 9.17) is 25.8 Å². The molecule has 4 nitrogen and oxygen atoms in total. The van der Waals surface area contributed by atoms with E-state index in [2.05, 4.69) is 29.6 Å². The summed E-state index contributed by atoms with van der Waals surface area (Å²) in [4.78, 5) is 0. The Bertz CT molecular complexity index is 759. The summed E-state index contributed by atoms with van der Waals surface area (Å²) in [6, 6.07) is 14.3. The second kappa shape index (κ2) is 7.87. The minimum atomic E-state index is 0.0183. The predicted molar refractivity (Wildman–Crippen MR) is 102 cm³/mol. The number of halogens is 1. The van der Waals surface area contributed by atoms with Crippen LogP contribution in [-0.4, -0.2) is 33.0 Å². The molecule has 0 aromatic heterocycles. The van der Waals surface area contributed by atoms with Crippen molar-refractivity contribution >= 4 is 11.6 Å². The topological polar surface area (TPSA) is 39.7 Å². The Hall–Kier alpha value is -1.75. The Labute approximate surface area is 159 Å². The lowest BCUT2D eigenvalue weighted by atomic mass is 9.74. The van der Waals surface area contributed by atoms with E-state index in [1.807, 2.05) is 18.2 Å². The highest BCUT2D eigenvalue weighted by atomic mass is 35.5. The molecular weight excluding hydrogens is 350 g/mol. The summed E-state index contributed by atoms with van der Waals surface area (Å²) in [6.07, 6.45) is 1.95. The lowest BCUT2D eigenvalue weighted by molar-refractivity contribution is 0.0498. The van der Waals surface area contributed by atoms with E-state index in [1.54, 1.807) is 0 Å². The lowest BCUT2D eigenvalue weighted by Gasteiger charge is -2.38. The second-order valence-corrected chi connectivity index (χ2v) is 7.36. The first-order valence-electron chi connectivity index (χ1n) is 9.19. The molecule has 26 heavy (non-hydrogen) atoms. The largest absolute Gasteiger partial charge is 0.486 e. The van der Waals surface area contributed by atoms with Crippen LogP contribution in [-0.2, 0) is 16.7 Å². The van der Waals surface area contributed by atoms with Gasteiger partial charge in [0.05, 0.1) is 0 Å². The monoisotopic (exact) mass is 373 g/mol. The van der Waals surface area contributed by atoms with Crippen LogP contribution >= 0.6 is 11.6 Å². The molecule has 0 aliphatic carbocycles. The van der Waals surface area contributed by atoms with Gasteiger partial charge in [0, 0.05) is 36.7 Å². The molecule has 1 saturated heterocycles. The Morgan fingerprint density at radius 1 is 0.923 bits per heavy atom. The summed E-state index contributed by atoms with van der Waals surface area (Å²) in [5, 5.41) is 4.48. The van der Waals surface area contributed by atoms with Crippen LogP contribution < -0.4 is 14.8 Å². The lowest BCUT2D eigenvalue weighted by Crippen LogP contribution is -2.42. The third-order valence-electron chi connectivity index (χ3n) is 5.29. The molecule has 4 rings (SSSR count). The third-order valence-corrected chi connectivity index (χ3v) is 5.62. The Morgan fingerprint density at radius 3 is 2.50 bits per heavy atom. The summed E-state index contributed by atoms with van der Waals surface area (Å²) < 4.78 is 16.9. The maximum atomic E-state index is 6.52. The molecule has 1 N–H and O–H groups in total. The molecular formula is C21H24ClNO3. The molecule has 0 unspecified atom stereocenters. The second-order valence-electron chi connectivity index (χ2n) is 6.95. The smallest absolute Gasteiger partial charge is 0.161 e. The fourth-order valence-electron chi connectivity index (χ4n) is 3.84. The van der Waals surface area contributed by atoms with E-state index < -0.39 is 0 Å². The van der Waals surface area contributed by atoms with Crippen LogP contribution in [0.1, 0.15) is 24.0 Å². The first-order chi connectivity index (χ1) is 12.8. The molecule has 0 bridgehead atoms. The van der Waals surface area contributed by atoms with Gasteiger partial charge in [-0.05, 0) is 42.2 Å². The molecule has 0 spiro atoms. The number of hydrogen-bond donors (Lipinski definition) is 1. The summed E-state index contributed by atoms with van der Waals surface area (Å²) in [5.74, 6) is 1.67. The average molecular weight is 374 g/mol. The van der Waals surface area contributed by atoms with E-state index >= 15 is 0 Å². The number of fused-ring (bicyclic) bond motifs is 1. The fraction of sp³-hybridized carbons (Fsp3) is 0.429. The zero-order valence-corrected chi connectivity index (χ0v) is 15.6. The van der Waals surface area contributed by atoms with Gasteiger partial charge in [-0.25, -0.2) is 0 Å². The van der Waals surface area contributed by atoms with Gasteiger partial charge in [0.1, 0.15) is 13.2 Å². The van der Waals surface area contributed by atoms with Gasteiger partial charge in [-0.1, -0.05) is 35.9 Å². The quantitative estimate of drug-likeness (QED) is 0.861. The number of benzene rings is 2. The van der Waals surface area contributed by atoms with E-state index in [1.165, 1.54) is 11.1 Å². The highest BCUT2D eigenvalue weighted by molar-refractivity contribution is 6.31. The highest BCUT2D eigenvalue weighted by Gasteiger charge is 2.35. The van der Waals surface area contributed by atoms with E-state index in [0.29, 0.717) is 13.2 Å². The summed E-state index contributed by atoms with van der Waals surface area (Å²) in [5.41, 5.74) is 2.43. The van der Waals surface area contributed by atoms with Crippen LogP contribution in [0.15, 0.2) is 42.5 Å². The Morgan fingerprint density at radius 2 is 1.69 bits per heavy atom. The van der Waals surface area contributed by atoms with Crippen molar-refractivity contribution in [3.8, 4) is 11.5 Å². The zero-order chi connectivity index (χ0) is 17.8. The molecule has 2 aromatic carbocycles. The van der Waals surface area contributed by atoms with Crippen LogP contribution in [0.2, 0.25) is 5.02 Å². The normalized spacial score (nSPS) is 18.5. The van der Waals surface area contributed by atoms with Crippen molar-refractivity contribution in [3.05, 3.63) is 58.6 Å². The van der Waals surface area contributed by atoms with E-state index in [-0.39, 0.29) is 5.41 Å². The van der Waals surface area contributed by atoms with Crippen LogP contribution in [0.4, 0.5) is 0 Å². The third kappa shape index (κ3) is 3.68. The molecule has 138 valence electrons. The molecule has 2 aromatic rings. The molecule has 5 heteroatoms. The molecule has 1 fully saturated rings. The van der Waals surface area contributed by atoms with Gasteiger partial charge in [0.25, 0.3) is 0 Å². The molecule has 0 atom stereocenters. The van der Waals surface area contributed by atoms with Crippen molar-refractivity contribution in [2.45, 2.75) is 24.8 Å². The molecule has 2 aliphatic heterocycles. The molecule has 2 heterocycles. The van der Waals surface area contributed by atoms with Crippen LogP contribution in [0, 0.1) is 0 Å². The van der Waals surface area contributed by atoms with Gasteiger partial charge in [-0.15, -0.1) is 0 Å². The van der Waals surface area contributed by atoms with Gasteiger partial charge < -0.3 is 19.5 Å². The van der Waals surface area contributed by atoms with Gasteiger partial charge in [-0.2, -0.15) is 0 Å². The average Bonchev–Trinajstić information content (AvgIpc) is 2.69. The Balaban J connectivity index is 1.46. The first-order valence-corrected chi connectivity index (χ1v) is 9.57. The zero-order valence-electron chi connectivity index (χ0n) is 14.8. The minimum absolute atomic E-state index is 0.0183. The molecule has 2 aliphatic rings. The predicted octanol–water partition coefficient (Wildman–Crippen LogP) is 3.95. The Kier molecular flexibility index (Phi) is 5.34. The molecule has 0 saturated carbocycles. The number of nitrogens with one attached hydrogen (secondary N) is 1. The summed E-state index contributed by atoms with van der Waals surface area (Å²) in [6.45, 7) is 4.43. The number of ether oxygens (including phenoxy) is 3. The SMILES string of the molecule is Clc1ccccc1C1(CNCc2ccc3c(c2)OCCO3)CCOCC1. The van der Waals surface area contributed by atoms with E-state index in [0.717, 1.165) is 55.7 Å².